The molecular weight excluding hydrogens is 304 g/mol. The van der Waals surface area contributed by atoms with Gasteiger partial charge in [-0.15, -0.1) is 0 Å². The van der Waals surface area contributed by atoms with E-state index in [9.17, 15) is 9.59 Å². The van der Waals surface area contributed by atoms with Crippen molar-refractivity contribution < 1.29 is 4.79 Å². The van der Waals surface area contributed by atoms with E-state index in [-0.39, 0.29) is 24.1 Å². The van der Waals surface area contributed by atoms with Crippen LogP contribution in [-0.4, -0.2) is 45.8 Å². The van der Waals surface area contributed by atoms with Crippen molar-refractivity contribution in [1.82, 2.24) is 20.0 Å². The van der Waals surface area contributed by atoms with Crippen molar-refractivity contribution in [2.75, 3.05) is 13.1 Å². The summed E-state index contributed by atoms with van der Waals surface area (Å²) in [6.07, 6.45) is 6.28. The van der Waals surface area contributed by atoms with Crippen LogP contribution in [0.4, 0.5) is 0 Å². The minimum atomic E-state index is -0.214. The van der Waals surface area contributed by atoms with Crippen LogP contribution in [0.2, 0.25) is 0 Å². The van der Waals surface area contributed by atoms with Crippen molar-refractivity contribution in [3.8, 4) is 0 Å². The molecule has 1 aromatic carbocycles. The number of hydrogen-bond acceptors (Lipinski definition) is 4. The quantitative estimate of drug-likeness (QED) is 0.918. The van der Waals surface area contributed by atoms with E-state index in [0.717, 1.165) is 31.3 Å². The van der Waals surface area contributed by atoms with Crippen LogP contribution in [0.15, 0.2) is 35.3 Å². The Morgan fingerprint density at radius 3 is 3.00 bits per heavy atom. The van der Waals surface area contributed by atoms with Gasteiger partial charge in [0.1, 0.15) is 6.54 Å². The molecule has 2 aliphatic rings. The zero-order valence-corrected chi connectivity index (χ0v) is 13.6. The normalized spacial score (nSPS) is 24.0. The van der Waals surface area contributed by atoms with Crippen LogP contribution < -0.4 is 10.9 Å². The van der Waals surface area contributed by atoms with Crippen molar-refractivity contribution in [2.45, 2.75) is 44.3 Å². The standard InChI is InChI=1S/C18H22N4O2/c23-17(20-15-8-10-21-9-4-3-7-16(15)21)12-22-18(24)14-6-2-1-5-13(14)11-19-22/h1-2,5-6,11,15-16H,3-4,7-10,12H2,(H,20,23)/t15-,16-/m1/s1. The number of nitrogens with one attached hydrogen (secondary N) is 1. The van der Waals surface area contributed by atoms with Gasteiger partial charge in [-0.1, -0.05) is 24.6 Å². The van der Waals surface area contributed by atoms with Gasteiger partial charge < -0.3 is 5.32 Å². The third kappa shape index (κ3) is 2.82. The molecule has 2 saturated heterocycles. The molecule has 0 aliphatic carbocycles. The first kappa shape index (κ1) is 15.3. The first-order valence-electron chi connectivity index (χ1n) is 8.71. The number of rotatable bonds is 3. The highest BCUT2D eigenvalue weighted by Crippen LogP contribution is 2.27. The molecule has 0 unspecified atom stereocenters. The summed E-state index contributed by atoms with van der Waals surface area (Å²) in [5.74, 6) is -0.127. The Hall–Kier alpha value is -2.21. The van der Waals surface area contributed by atoms with Crippen LogP contribution in [-0.2, 0) is 11.3 Å². The predicted molar refractivity (Wildman–Crippen MR) is 91.8 cm³/mol. The van der Waals surface area contributed by atoms with Crippen LogP contribution in [0, 0.1) is 0 Å². The summed E-state index contributed by atoms with van der Waals surface area (Å²) in [5, 5.41) is 8.65. The third-order valence-electron chi connectivity index (χ3n) is 5.26. The van der Waals surface area contributed by atoms with Crippen molar-refractivity contribution >= 4 is 16.7 Å². The van der Waals surface area contributed by atoms with Gasteiger partial charge in [0.05, 0.1) is 11.6 Å². The van der Waals surface area contributed by atoms with Gasteiger partial charge >= 0.3 is 0 Å². The number of carbonyl (C=O) groups is 1. The van der Waals surface area contributed by atoms with Gasteiger partial charge in [-0.25, -0.2) is 4.68 Å². The highest BCUT2D eigenvalue weighted by Gasteiger charge is 2.36. The second-order valence-corrected chi connectivity index (χ2v) is 6.76. The minimum absolute atomic E-state index is 0.0209. The zero-order valence-electron chi connectivity index (χ0n) is 13.6. The van der Waals surface area contributed by atoms with Crippen molar-refractivity contribution in [3.05, 3.63) is 40.8 Å². The largest absolute Gasteiger partial charge is 0.350 e. The molecule has 126 valence electrons. The summed E-state index contributed by atoms with van der Waals surface area (Å²) in [4.78, 5) is 27.3. The molecule has 0 saturated carbocycles. The molecule has 0 radical (unpaired) electrons. The van der Waals surface area contributed by atoms with E-state index in [2.05, 4.69) is 15.3 Å². The molecule has 24 heavy (non-hydrogen) atoms. The Bertz CT molecular complexity index is 816. The number of amides is 1. The fourth-order valence-corrected chi connectivity index (χ4v) is 4.04. The fourth-order valence-electron chi connectivity index (χ4n) is 4.04. The SMILES string of the molecule is O=C(Cn1ncc2ccccc2c1=O)N[C@@H]1CCN2CCCC[C@H]12. The molecule has 0 spiro atoms. The summed E-state index contributed by atoms with van der Waals surface area (Å²) >= 11 is 0. The fraction of sp³-hybridized carbons (Fsp3) is 0.500. The Morgan fingerprint density at radius 1 is 1.21 bits per heavy atom. The van der Waals surface area contributed by atoms with E-state index < -0.39 is 0 Å². The summed E-state index contributed by atoms with van der Waals surface area (Å²) in [6.45, 7) is 2.18. The lowest BCUT2D eigenvalue weighted by Crippen LogP contribution is -2.48. The maximum absolute atomic E-state index is 12.4. The molecule has 2 atom stereocenters. The third-order valence-corrected chi connectivity index (χ3v) is 5.26. The number of fused-ring (bicyclic) bond motifs is 2. The molecule has 2 aromatic rings. The van der Waals surface area contributed by atoms with E-state index in [1.54, 1.807) is 12.3 Å². The van der Waals surface area contributed by atoms with Crippen molar-refractivity contribution in [1.29, 1.82) is 0 Å². The van der Waals surface area contributed by atoms with E-state index >= 15 is 0 Å². The van der Waals surface area contributed by atoms with Crippen molar-refractivity contribution in [3.63, 3.8) is 0 Å². The number of aromatic nitrogens is 2. The smallest absolute Gasteiger partial charge is 0.275 e. The van der Waals surface area contributed by atoms with Gasteiger partial charge in [0.15, 0.2) is 0 Å². The number of nitrogens with zero attached hydrogens (tertiary/aromatic N) is 3. The maximum Gasteiger partial charge on any atom is 0.275 e. The molecule has 0 bridgehead atoms. The lowest BCUT2D eigenvalue weighted by Gasteiger charge is -2.32. The van der Waals surface area contributed by atoms with Gasteiger partial charge in [-0.05, 0) is 31.9 Å². The average molecular weight is 326 g/mol. The monoisotopic (exact) mass is 326 g/mol. The lowest BCUT2D eigenvalue weighted by atomic mass is 9.99. The van der Waals surface area contributed by atoms with E-state index in [1.165, 1.54) is 17.5 Å². The molecule has 2 aliphatic heterocycles. The summed E-state index contributed by atoms with van der Waals surface area (Å²) in [7, 11) is 0. The summed E-state index contributed by atoms with van der Waals surface area (Å²) < 4.78 is 1.26. The molecule has 1 N–H and O–H groups in total. The van der Waals surface area contributed by atoms with Gasteiger partial charge in [0.25, 0.3) is 5.56 Å². The topological polar surface area (TPSA) is 67.2 Å². The molecule has 2 fully saturated rings. The summed E-state index contributed by atoms with van der Waals surface area (Å²) in [5.41, 5.74) is -0.214. The molecule has 1 aromatic heterocycles. The maximum atomic E-state index is 12.4. The molecule has 4 rings (SSSR count). The Morgan fingerprint density at radius 2 is 2.08 bits per heavy atom. The molecule has 1 amide bonds. The number of hydrogen-bond donors (Lipinski definition) is 1. The average Bonchev–Trinajstić information content (AvgIpc) is 3.01. The molecular formula is C18H22N4O2. The zero-order chi connectivity index (χ0) is 16.5. The van der Waals surface area contributed by atoms with Crippen LogP contribution in [0.25, 0.3) is 10.8 Å². The molecule has 3 heterocycles. The predicted octanol–water partition coefficient (Wildman–Crippen LogP) is 1.14. The second-order valence-electron chi connectivity index (χ2n) is 6.76. The van der Waals surface area contributed by atoms with Crippen LogP contribution in [0.1, 0.15) is 25.7 Å². The van der Waals surface area contributed by atoms with E-state index in [4.69, 9.17) is 0 Å². The van der Waals surface area contributed by atoms with Crippen LogP contribution in [0.5, 0.6) is 0 Å². The second kappa shape index (κ2) is 6.36. The van der Waals surface area contributed by atoms with E-state index in [0.29, 0.717) is 11.4 Å². The first-order valence-corrected chi connectivity index (χ1v) is 8.71. The Balaban J connectivity index is 1.47. The first-order chi connectivity index (χ1) is 11.7. The van der Waals surface area contributed by atoms with Gasteiger partial charge in [0.2, 0.25) is 5.91 Å². The minimum Gasteiger partial charge on any atom is -0.350 e. The number of piperidine rings is 1. The van der Waals surface area contributed by atoms with Crippen molar-refractivity contribution in [2.24, 2.45) is 0 Å². The lowest BCUT2D eigenvalue weighted by molar-refractivity contribution is -0.122. The number of benzene rings is 1. The van der Waals surface area contributed by atoms with Crippen LogP contribution in [0.3, 0.4) is 0 Å². The number of carbonyl (C=O) groups excluding carboxylic acids is 1. The van der Waals surface area contributed by atoms with Gasteiger partial charge in [-0.3, -0.25) is 14.5 Å². The highest BCUT2D eigenvalue weighted by molar-refractivity contribution is 5.81. The Kier molecular flexibility index (Phi) is 4.06. The molecule has 6 heteroatoms. The van der Waals surface area contributed by atoms with Gasteiger partial charge in [0, 0.05) is 24.0 Å². The van der Waals surface area contributed by atoms with E-state index in [1.807, 2.05) is 18.2 Å². The Labute approximate surface area is 140 Å². The highest BCUT2D eigenvalue weighted by atomic mass is 16.2. The van der Waals surface area contributed by atoms with Crippen LogP contribution >= 0.6 is 0 Å². The molecule has 6 nitrogen and oxygen atoms in total. The summed E-state index contributed by atoms with van der Waals surface area (Å²) in [6, 6.07) is 7.98. The van der Waals surface area contributed by atoms with Gasteiger partial charge in [-0.2, -0.15) is 5.10 Å².